The lowest BCUT2D eigenvalue weighted by Gasteiger charge is -2.05. The van der Waals surface area contributed by atoms with Gasteiger partial charge in [0.2, 0.25) is 5.91 Å². The fourth-order valence-corrected chi connectivity index (χ4v) is 2.30. The Hall–Kier alpha value is -2.88. The highest BCUT2D eigenvalue weighted by atomic mass is 16.1. The van der Waals surface area contributed by atoms with Crippen LogP contribution in [0.3, 0.4) is 0 Å². The van der Waals surface area contributed by atoms with Gasteiger partial charge in [-0.1, -0.05) is 18.7 Å². The van der Waals surface area contributed by atoms with Gasteiger partial charge in [0, 0.05) is 18.3 Å². The third-order valence-corrected chi connectivity index (χ3v) is 3.38. The van der Waals surface area contributed by atoms with E-state index in [0.717, 1.165) is 28.1 Å². The van der Waals surface area contributed by atoms with E-state index in [1.807, 2.05) is 55.6 Å². The predicted molar refractivity (Wildman–Crippen MR) is 85.0 cm³/mol. The van der Waals surface area contributed by atoms with E-state index in [1.54, 1.807) is 0 Å². The van der Waals surface area contributed by atoms with Gasteiger partial charge >= 0.3 is 0 Å². The van der Waals surface area contributed by atoms with Gasteiger partial charge < -0.3 is 9.88 Å². The summed E-state index contributed by atoms with van der Waals surface area (Å²) in [6, 6.07) is 15.6. The normalized spacial score (nSPS) is 10.5. The summed E-state index contributed by atoms with van der Waals surface area (Å²) in [4.78, 5) is 15.9. The maximum Gasteiger partial charge on any atom is 0.247 e. The van der Waals surface area contributed by atoms with Gasteiger partial charge in [-0.2, -0.15) is 0 Å². The molecule has 0 aliphatic heterocycles. The quantitative estimate of drug-likeness (QED) is 0.746. The van der Waals surface area contributed by atoms with Gasteiger partial charge in [0.25, 0.3) is 0 Å². The topological polar surface area (TPSA) is 46.9 Å². The SMILES string of the molecule is C=CC(=O)Nc1ccc(-c2nc3ccccc3n2C)cc1. The first-order valence-electron chi connectivity index (χ1n) is 6.64. The number of nitrogens with one attached hydrogen (secondary N) is 1. The Bertz CT molecular complexity index is 816. The molecule has 1 amide bonds. The second-order valence-electron chi connectivity index (χ2n) is 4.75. The third-order valence-electron chi connectivity index (χ3n) is 3.38. The van der Waals surface area contributed by atoms with Crippen molar-refractivity contribution in [1.82, 2.24) is 9.55 Å². The molecule has 1 heterocycles. The highest BCUT2D eigenvalue weighted by molar-refractivity contribution is 5.99. The van der Waals surface area contributed by atoms with Gasteiger partial charge in [0.1, 0.15) is 5.82 Å². The van der Waals surface area contributed by atoms with Crippen molar-refractivity contribution in [2.75, 3.05) is 5.32 Å². The summed E-state index contributed by atoms with van der Waals surface area (Å²) in [5, 5.41) is 2.73. The molecular weight excluding hydrogens is 262 g/mol. The smallest absolute Gasteiger partial charge is 0.247 e. The number of aryl methyl sites for hydroxylation is 1. The number of nitrogens with zero attached hydrogens (tertiary/aromatic N) is 2. The average molecular weight is 277 g/mol. The summed E-state index contributed by atoms with van der Waals surface area (Å²) in [5.74, 6) is 0.684. The second-order valence-corrected chi connectivity index (χ2v) is 4.75. The summed E-state index contributed by atoms with van der Waals surface area (Å²) < 4.78 is 2.06. The van der Waals surface area contributed by atoms with E-state index in [0.29, 0.717) is 0 Å². The summed E-state index contributed by atoms with van der Waals surface area (Å²) in [5.41, 5.74) is 3.81. The van der Waals surface area contributed by atoms with Crippen LogP contribution in [0.2, 0.25) is 0 Å². The zero-order valence-electron chi connectivity index (χ0n) is 11.7. The van der Waals surface area contributed by atoms with Crippen LogP contribution in [0.15, 0.2) is 61.2 Å². The van der Waals surface area contributed by atoms with Crippen molar-refractivity contribution in [3.8, 4) is 11.4 Å². The molecule has 3 rings (SSSR count). The highest BCUT2D eigenvalue weighted by Gasteiger charge is 2.09. The first kappa shape index (κ1) is 13.1. The van der Waals surface area contributed by atoms with E-state index >= 15 is 0 Å². The van der Waals surface area contributed by atoms with Gasteiger partial charge in [0.15, 0.2) is 0 Å². The van der Waals surface area contributed by atoms with Crippen molar-refractivity contribution in [2.45, 2.75) is 0 Å². The fraction of sp³-hybridized carbons (Fsp3) is 0.0588. The largest absolute Gasteiger partial charge is 0.327 e. The molecule has 0 saturated carbocycles. The average Bonchev–Trinajstić information content (AvgIpc) is 2.85. The third kappa shape index (κ3) is 2.43. The van der Waals surface area contributed by atoms with E-state index < -0.39 is 0 Å². The lowest BCUT2D eigenvalue weighted by molar-refractivity contribution is -0.111. The molecule has 0 spiro atoms. The highest BCUT2D eigenvalue weighted by Crippen LogP contribution is 2.24. The molecule has 0 fully saturated rings. The Morgan fingerprint density at radius 3 is 2.57 bits per heavy atom. The number of imidazole rings is 1. The van der Waals surface area contributed by atoms with Crippen LogP contribution < -0.4 is 5.32 Å². The molecule has 0 aliphatic rings. The molecule has 3 aromatic rings. The molecule has 21 heavy (non-hydrogen) atoms. The number of anilines is 1. The minimum absolute atomic E-state index is 0.217. The number of carbonyl (C=O) groups excluding carboxylic acids is 1. The number of hydrogen-bond donors (Lipinski definition) is 1. The molecule has 104 valence electrons. The molecule has 4 nitrogen and oxygen atoms in total. The number of rotatable bonds is 3. The number of hydrogen-bond acceptors (Lipinski definition) is 2. The lowest BCUT2D eigenvalue weighted by Crippen LogP contribution is -2.06. The summed E-state index contributed by atoms with van der Waals surface area (Å²) in [6.45, 7) is 3.43. The predicted octanol–water partition coefficient (Wildman–Crippen LogP) is 3.36. The molecule has 1 N–H and O–H groups in total. The van der Waals surface area contributed by atoms with E-state index in [1.165, 1.54) is 6.08 Å². The van der Waals surface area contributed by atoms with Crippen molar-refractivity contribution in [1.29, 1.82) is 0 Å². The van der Waals surface area contributed by atoms with Crippen LogP contribution in [-0.4, -0.2) is 15.5 Å². The molecular formula is C17H15N3O. The van der Waals surface area contributed by atoms with Gasteiger partial charge in [-0.25, -0.2) is 4.98 Å². The van der Waals surface area contributed by atoms with Crippen LogP contribution >= 0.6 is 0 Å². The first-order valence-corrected chi connectivity index (χ1v) is 6.64. The van der Waals surface area contributed by atoms with Crippen molar-refractivity contribution >= 4 is 22.6 Å². The summed E-state index contributed by atoms with van der Waals surface area (Å²) in [7, 11) is 2.00. The zero-order chi connectivity index (χ0) is 14.8. The van der Waals surface area contributed by atoms with Crippen LogP contribution in [0.5, 0.6) is 0 Å². The Kier molecular flexibility index (Phi) is 3.28. The Labute approximate surface area is 122 Å². The van der Waals surface area contributed by atoms with E-state index in [4.69, 9.17) is 0 Å². The molecule has 0 saturated heterocycles. The van der Waals surface area contributed by atoms with Crippen LogP contribution in [0.4, 0.5) is 5.69 Å². The number of aromatic nitrogens is 2. The maximum atomic E-state index is 11.3. The van der Waals surface area contributed by atoms with Gasteiger partial charge in [-0.05, 0) is 42.5 Å². The van der Waals surface area contributed by atoms with E-state index in [-0.39, 0.29) is 5.91 Å². The summed E-state index contributed by atoms with van der Waals surface area (Å²) >= 11 is 0. The van der Waals surface area contributed by atoms with E-state index in [2.05, 4.69) is 21.4 Å². The molecule has 0 atom stereocenters. The van der Waals surface area contributed by atoms with Gasteiger partial charge in [0.05, 0.1) is 11.0 Å². The van der Waals surface area contributed by atoms with Crippen molar-refractivity contribution in [3.05, 3.63) is 61.2 Å². The standard InChI is InChI=1S/C17H15N3O/c1-3-16(21)18-13-10-8-12(9-11-13)17-19-14-6-4-5-7-15(14)20(17)2/h3-11H,1H2,2H3,(H,18,21). The molecule has 2 aromatic carbocycles. The number of carbonyl (C=O) groups is 1. The molecule has 0 bridgehead atoms. The number of amides is 1. The number of fused-ring (bicyclic) bond motifs is 1. The van der Waals surface area contributed by atoms with E-state index in [9.17, 15) is 4.79 Å². The lowest BCUT2D eigenvalue weighted by atomic mass is 10.2. The molecule has 4 heteroatoms. The van der Waals surface area contributed by atoms with Crippen LogP contribution in [0.25, 0.3) is 22.4 Å². The first-order chi connectivity index (χ1) is 10.2. The zero-order valence-corrected chi connectivity index (χ0v) is 11.7. The van der Waals surface area contributed by atoms with Crippen molar-refractivity contribution in [3.63, 3.8) is 0 Å². The van der Waals surface area contributed by atoms with Gasteiger partial charge in [-0.3, -0.25) is 4.79 Å². The van der Waals surface area contributed by atoms with Crippen LogP contribution in [0.1, 0.15) is 0 Å². The number of benzene rings is 2. The molecule has 0 unspecified atom stereocenters. The van der Waals surface area contributed by atoms with Crippen LogP contribution in [0, 0.1) is 0 Å². The minimum atomic E-state index is -0.217. The minimum Gasteiger partial charge on any atom is -0.327 e. The van der Waals surface area contributed by atoms with Gasteiger partial charge in [-0.15, -0.1) is 0 Å². The Balaban J connectivity index is 1.97. The number of para-hydroxylation sites is 2. The van der Waals surface area contributed by atoms with Crippen LogP contribution in [-0.2, 0) is 11.8 Å². The Morgan fingerprint density at radius 2 is 1.90 bits per heavy atom. The van der Waals surface area contributed by atoms with Crippen molar-refractivity contribution < 1.29 is 4.79 Å². The molecule has 1 aromatic heterocycles. The van der Waals surface area contributed by atoms with Crippen molar-refractivity contribution in [2.24, 2.45) is 7.05 Å². The molecule has 0 radical (unpaired) electrons. The fourth-order valence-electron chi connectivity index (χ4n) is 2.30. The Morgan fingerprint density at radius 1 is 1.19 bits per heavy atom. The maximum absolute atomic E-state index is 11.3. The monoisotopic (exact) mass is 277 g/mol. The second kappa shape index (κ2) is 5.25. The summed E-state index contributed by atoms with van der Waals surface area (Å²) in [6.07, 6.45) is 1.25. The molecule has 0 aliphatic carbocycles.